The highest BCUT2D eigenvalue weighted by Gasteiger charge is 2.14. The monoisotopic (exact) mass is 355 g/mol. The van der Waals surface area contributed by atoms with Gasteiger partial charge < -0.3 is 4.42 Å². The molecule has 0 amide bonds. The van der Waals surface area contributed by atoms with Crippen molar-refractivity contribution >= 4 is 15.9 Å². The van der Waals surface area contributed by atoms with Gasteiger partial charge in [-0.3, -0.25) is 0 Å². The second-order valence-electron chi connectivity index (χ2n) is 5.74. The first-order valence-corrected chi connectivity index (χ1v) is 8.05. The summed E-state index contributed by atoms with van der Waals surface area (Å²) in [7, 11) is 0. The number of oxazole rings is 1. The summed E-state index contributed by atoms with van der Waals surface area (Å²) < 4.78 is 6.54. The SMILES string of the molecule is Cc1cc(Br)cc(C)c1-c1c(C)cc(-c2ncco2)cc1C. The lowest BCUT2D eigenvalue weighted by atomic mass is 9.88. The normalized spacial score (nSPS) is 11.0. The highest BCUT2D eigenvalue weighted by atomic mass is 79.9. The lowest BCUT2D eigenvalue weighted by Gasteiger charge is -2.17. The fraction of sp³-hybridized carbons (Fsp3) is 0.211. The smallest absolute Gasteiger partial charge is 0.225 e. The number of hydrogen-bond acceptors (Lipinski definition) is 2. The van der Waals surface area contributed by atoms with Gasteiger partial charge in [-0.05, 0) is 85.3 Å². The minimum absolute atomic E-state index is 0.669. The lowest BCUT2D eigenvalue weighted by Crippen LogP contribution is -1.95. The van der Waals surface area contributed by atoms with Gasteiger partial charge in [0.2, 0.25) is 5.89 Å². The van der Waals surface area contributed by atoms with Crippen LogP contribution in [0.15, 0.2) is 45.6 Å². The number of hydrogen-bond donors (Lipinski definition) is 0. The summed E-state index contributed by atoms with van der Waals surface area (Å²) in [5.74, 6) is 0.669. The fourth-order valence-corrected chi connectivity index (χ4v) is 3.84. The Balaban J connectivity index is 2.21. The quantitative estimate of drug-likeness (QED) is 0.562. The molecule has 0 fully saturated rings. The molecule has 0 spiro atoms. The third-order valence-electron chi connectivity index (χ3n) is 3.96. The molecule has 0 saturated carbocycles. The molecular formula is C19H18BrNO. The number of aromatic nitrogens is 1. The summed E-state index contributed by atoms with van der Waals surface area (Å²) >= 11 is 3.57. The third kappa shape index (κ3) is 2.61. The van der Waals surface area contributed by atoms with Crippen LogP contribution in [0.5, 0.6) is 0 Å². The molecular weight excluding hydrogens is 338 g/mol. The van der Waals surface area contributed by atoms with Crippen molar-refractivity contribution in [2.45, 2.75) is 27.7 Å². The predicted octanol–water partition coefficient (Wildman–Crippen LogP) is 6.00. The molecule has 3 rings (SSSR count). The topological polar surface area (TPSA) is 26.0 Å². The molecule has 0 radical (unpaired) electrons. The highest BCUT2D eigenvalue weighted by Crippen LogP contribution is 2.36. The first-order chi connectivity index (χ1) is 10.5. The molecule has 0 saturated heterocycles. The van der Waals surface area contributed by atoms with Crippen molar-refractivity contribution in [3.05, 3.63) is 63.5 Å². The lowest BCUT2D eigenvalue weighted by molar-refractivity contribution is 0.574. The number of halogens is 1. The fourth-order valence-electron chi connectivity index (χ4n) is 3.15. The maximum absolute atomic E-state index is 5.42. The van der Waals surface area contributed by atoms with E-state index in [1.165, 1.54) is 33.4 Å². The Hall–Kier alpha value is -1.87. The second-order valence-corrected chi connectivity index (χ2v) is 6.65. The van der Waals surface area contributed by atoms with Crippen LogP contribution in [0.3, 0.4) is 0 Å². The van der Waals surface area contributed by atoms with Gasteiger partial charge in [-0.1, -0.05) is 15.9 Å². The number of benzene rings is 2. The first-order valence-electron chi connectivity index (χ1n) is 7.25. The molecule has 0 aliphatic heterocycles. The van der Waals surface area contributed by atoms with Crippen LogP contribution in [0.25, 0.3) is 22.6 Å². The van der Waals surface area contributed by atoms with Crippen LogP contribution in [-0.2, 0) is 0 Å². The molecule has 2 nitrogen and oxygen atoms in total. The molecule has 0 bridgehead atoms. The molecule has 3 heteroatoms. The molecule has 0 aliphatic rings. The van der Waals surface area contributed by atoms with Crippen molar-refractivity contribution in [1.82, 2.24) is 4.98 Å². The third-order valence-corrected chi connectivity index (χ3v) is 4.42. The van der Waals surface area contributed by atoms with Crippen LogP contribution >= 0.6 is 15.9 Å². The number of rotatable bonds is 2. The largest absolute Gasteiger partial charge is 0.445 e. The summed E-state index contributed by atoms with van der Waals surface area (Å²) in [6, 6.07) is 8.64. The van der Waals surface area contributed by atoms with Crippen molar-refractivity contribution in [1.29, 1.82) is 0 Å². The molecule has 1 heterocycles. The molecule has 0 aliphatic carbocycles. The number of nitrogens with zero attached hydrogens (tertiary/aromatic N) is 1. The van der Waals surface area contributed by atoms with Crippen LogP contribution in [0, 0.1) is 27.7 Å². The van der Waals surface area contributed by atoms with E-state index in [1.54, 1.807) is 12.5 Å². The van der Waals surface area contributed by atoms with Crippen LogP contribution < -0.4 is 0 Å². The standard InChI is InChI=1S/C19H18BrNO/c1-11-7-15(19-21-5-6-22-19)8-12(2)17(11)18-13(3)9-16(20)10-14(18)4/h5-10H,1-4H3. The van der Waals surface area contributed by atoms with Gasteiger partial charge in [-0.25, -0.2) is 4.98 Å². The van der Waals surface area contributed by atoms with Crippen molar-refractivity contribution in [3.8, 4) is 22.6 Å². The predicted molar refractivity (Wildman–Crippen MR) is 94.0 cm³/mol. The van der Waals surface area contributed by atoms with Crippen molar-refractivity contribution < 1.29 is 4.42 Å². The Morgan fingerprint density at radius 2 is 1.32 bits per heavy atom. The maximum atomic E-state index is 5.42. The van der Waals surface area contributed by atoms with E-state index in [4.69, 9.17) is 4.42 Å². The van der Waals surface area contributed by atoms with Crippen LogP contribution in [-0.4, -0.2) is 4.98 Å². The van der Waals surface area contributed by atoms with Gasteiger partial charge in [-0.15, -0.1) is 0 Å². The van der Waals surface area contributed by atoms with Crippen LogP contribution in [0.4, 0.5) is 0 Å². The highest BCUT2D eigenvalue weighted by molar-refractivity contribution is 9.10. The van der Waals surface area contributed by atoms with Gasteiger partial charge in [0.15, 0.2) is 0 Å². The first kappa shape index (κ1) is 15.0. The van der Waals surface area contributed by atoms with Gasteiger partial charge in [0.25, 0.3) is 0 Å². The molecule has 0 unspecified atom stereocenters. The Kier molecular flexibility index (Phi) is 3.92. The Bertz CT molecular complexity index is 789. The summed E-state index contributed by atoms with van der Waals surface area (Å²) in [6.07, 6.45) is 3.29. The molecule has 3 aromatic rings. The Morgan fingerprint density at radius 1 is 0.818 bits per heavy atom. The Labute approximate surface area is 139 Å². The summed E-state index contributed by atoms with van der Waals surface area (Å²) in [4.78, 5) is 4.24. The average Bonchev–Trinajstić information content (AvgIpc) is 2.94. The van der Waals surface area contributed by atoms with Gasteiger partial charge in [0.05, 0.1) is 6.20 Å². The van der Waals surface area contributed by atoms with E-state index in [0.29, 0.717) is 5.89 Å². The van der Waals surface area contributed by atoms with E-state index in [-0.39, 0.29) is 0 Å². The molecule has 1 aromatic heterocycles. The van der Waals surface area contributed by atoms with Gasteiger partial charge in [-0.2, -0.15) is 0 Å². The van der Waals surface area contributed by atoms with E-state index in [1.807, 2.05) is 0 Å². The second kappa shape index (κ2) is 5.73. The van der Waals surface area contributed by atoms with Gasteiger partial charge in [0.1, 0.15) is 6.26 Å². The maximum Gasteiger partial charge on any atom is 0.225 e. The summed E-state index contributed by atoms with van der Waals surface area (Å²) in [5, 5.41) is 0. The van der Waals surface area contributed by atoms with Crippen molar-refractivity contribution in [2.75, 3.05) is 0 Å². The average molecular weight is 356 g/mol. The van der Waals surface area contributed by atoms with E-state index in [2.05, 4.69) is 72.9 Å². The van der Waals surface area contributed by atoms with E-state index in [9.17, 15) is 0 Å². The van der Waals surface area contributed by atoms with Crippen molar-refractivity contribution in [2.24, 2.45) is 0 Å². The molecule has 0 N–H and O–H groups in total. The molecule has 22 heavy (non-hydrogen) atoms. The van der Waals surface area contributed by atoms with E-state index >= 15 is 0 Å². The molecule has 112 valence electrons. The number of aryl methyl sites for hydroxylation is 4. The van der Waals surface area contributed by atoms with Crippen LogP contribution in [0.1, 0.15) is 22.3 Å². The van der Waals surface area contributed by atoms with Crippen LogP contribution in [0.2, 0.25) is 0 Å². The molecule has 2 aromatic carbocycles. The van der Waals surface area contributed by atoms with E-state index in [0.717, 1.165) is 10.0 Å². The minimum atomic E-state index is 0.669. The Morgan fingerprint density at radius 3 is 1.77 bits per heavy atom. The summed E-state index contributed by atoms with van der Waals surface area (Å²) in [6.45, 7) is 8.62. The zero-order valence-electron chi connectivity index (χ0n) is 13.2. The van der Waals surface area contributed by atoms with Crippen molar-refractivity contribution in [3.63, 3.8) is 0 Å². The van der Waals surface area contributed by atoms with Gasteiger partial charge in [0, 0.05) is 10.0 Å². The molecule has 0 atom stereocenters. The summed E-state index contributed by atoms with van der Waals surface area (Å²) in [5.41, 5.74) is 8.68. The zero-order chi connectivity index (χ0) is 15.9. The minimum Gasteiger partial charge on any atom is -0.445 e. The van der Waals surface area contributed by atoms with E-state index < -0.39 is 0 Å². The van der Waals surface area contributed by atoms with Gasteiger partial charge >= 0.3 is 0 Å². The zero-order valence-corrected chi connectivity index (χ0v) is 14.8.